The van der Waals surface area contributed by atoms with Crippen molar-refractivity contribution in [1.29, 1.82) is 0 Å². The van der Waals surface area contributed by atoms with Crippen molar-refractivity contribution in [2.24, 2.45) is 0 Å². The van der Waals surface area contributed by atoms with Gasteiger partial charge in [0.25, 0.3) is 0 Å². The molecule has 0 saturated carbocycles. The standard InChI is InChI=1S/C10H6ClN4/c11-7-3-1-2-4-9(7)15-5-8-10(14-15)13-6-12-8/h1-5H,(H,12,13,14). The molecule has 5 heteroatoms. The van der Waals surface area contributed by atoms with Crippen LogP contribution in [0, 0.1) is 6.33 Å². The number of H-pyrrole nitrogens is 1. The predicted molar refractivity (Wildman–Crippen MR) is 57.1 cm³/mol. The fourth-order valence-corrected chi connectivity index (χ4v) is 1.66. The first kappa shape index (κ1) is 8.49. The molecule has 0 unspecified atom stereocenters. The van der Waals surface area contributed by atoms with Crippen LogP contribution in [-0.2, 0) is 0 Å². The van der Waals surface area contributed by atoms with Gasteiger partial charge in [-0.3, -0.25) is 0 Å². The second kappa shape index (κ2) is 3.10. The molecule has 1 N–H and O–H groups in total. The molecule has 0 aliphatic rings. The van der Waals surface area contributed by atoms with Gasteiger partial charge in [-0.25, -0.2) is 9.67 Å². The summed E-state index contributed by atoms with van der Waals surface area (Å²) < 4.78 is 1.70. The van der Waals surface area contributed by atoms with E-state index in [9.17, 15) is 0 Å². The van der Waals surface area contributed by atoms with Gasteiger partial charge in [-0.15, -0.1) is 5.10 Å². The molecule has 3 rings (SSSR count). The Kier molecular flexibility index (Phi) is 1.76. The molecule has 0 atom stereocenters. The smallest absolute Gasteiger partial charge is 0.200 e. The largest absolute Gasteiger partial charge is 0.333 e. The zero-order chi connectivity index (χ0) is 10.3. The predicted octanol–water partition coefficient (Wildman–Crippen LogP) is 2.20. The maximum absolute atomic E-state index is 6.05. The third-order valence-electron chi connectivity index (χ3n) is 2.15. The Morgan fingerprint density at radius 3 is 3.00 bits per heavy atom. The normalized spacial score (nSPS) is 11.0. The van der Waals surface area contributed by atoms with Crippen LogP contribution >= 0.6 is 11.6 Å². The molecule has 0 amide bonds. The minimum atomic E-state index is 0.634. The van der Waals surface area contributed by atoms with E-state index in [4.69, 9.17) is 11.6 Å². The average Bonchev–Trinajstić information content (AvgIpc) is 2.77. The van der Waals surface area contributed by atoms with Gasteiger partial charge in [0, 0.05) is 0 Å². The highest BCUT2D eigenvalue weighted by Gasteiger charge is 2.06. The van der Waals surface area contributed by atoms with Crippen molar-refractivity contribution in [2.75, 3.05) is 0 Å². The molecule has 0 saturated heterocycles. The third kappa shape index (κ3) is 1.30. The van der Waals surface area contributed by atoms with E-state index in [1.165, 1.54) is 0 Å². The zero-order valence-electron chi connectivity index (χ0n) is 7.61. The summed E-state index contributed by atoms with van der Waals surface area (Å²) in [6.07, 6.45) is 4.46. The molecular weight excluding hydrogens is 212 g/mol. The van der Waals surface area contributed by atoms with Crippen molar-refractivity contribution in [2.45, 2.75) is 0 Å². The number of rotatable bonds is 1. The Hall–Kier alpha value is -1.81. The zero-order valence-corrected chi connectivity index (χ0v) is 8.36. The minimum Gasteiger partial charge on any atom is -0.333 e. The van der Waals surface area contributed by atoms with Gasteiger partial charge in [0.2, 0.25) is 0 Å². The van der Waals surface area contributed by atoms with Crippen LogP contribution in [0.1, 0.15) is 0 Å². The minimum absolute atomic E-state index is 0.634. The monoisotopic (exact) mass is 217 g/mol. The van der Waals surface area contributed by atoms with Crippen molar-refractivity contribution in [3.63, 3.8) is 0 Å². The molecule has 2 aromatic heterocycles. The molecule has 73 valence electrons. The topological polar surface area (TPSA) is 46.5 Å². The van der Waals surface area contributed by atoms with E-state index in [0.717, 1.165) is 11.2 Å². The number of nitrogens with one attached hydrogen (secondary N) is 1. The summed E-state index contributed by atoms with van der Waals surface area (Å²) in [5.41, 5.74) is 2.32. The molecule has 0 aliphatic carbocycles. The molecule has 1 aromatic carbocycles. The number of fused-ring (bicyclic) bond motifs is 1. The number of imidazole rings is 1. The number of nitrogens with zero attached hydrogens (tertiary/aromatic N) is 3. The van der Waals surface area contributed by atoms with Crippen molar-refractivity contribution in [1.82, 2.24) is 19.7 Å². The van der Waals surface area contributed by atoms with Crippen LogP contribution in [-0.4, -0.2) is 19.7 Å². The fourth-order valence-electron chi connectivity index (χ4n) is 1.44. The van der Waals surface area contributed by atoms with Crippen LogP contribution in [0.15, 0.2) is 30.5 Å². The SMILES string of the molecule is Clc1ccccc1-n1cc2[nH][c]nc2n1. The van der Waals surface area contributed by atoms with Gasteiger partial charge >= 0.3 is 0 Å². The van der Waals surface area contributed by atoms with Crippen molar-refractivity contribution < 1.29 is 0 Å². The van der Waals surface area contributed by atoms with Gasteiger partial charge in [-0.2, -0.15) is 0 Å². The summed E-state index contributed by atoms with van der Waals surface area (Å²) >= 11 is 6.05. The summed E-state index contributed by atoms with van der Waals surface area (Å²) in [7, 11) is 0. The van der Waals surface area contributed by atoms with Crippen molar-refractivity contribution in [3.8, 4) is 5.69 Å². The van der Waals surface area contributed by atoms with E-state index in [0.29, 0.717) is 10.7 Å². The number of hydrogen-bond acceptors (Lipinski definition) is 2. The van der Waals surface area contributed by atoms with Gasteiger partial charge in [-0.1, -0.05) is 23.7 Å². The number of aromatic amines is 1. The summed E-state index contributed by atoms with van der Waals surface area (Å²) in [4.78, 5) is 6.81. The van der Waals surface area contributed by atoms with Gasteiger partial charge in [-0.05, 0) is 12.1 Å². The first-order chi connectivity index (χ1) is 7.34. The molecule has 15 heavy (non-hydrogen) atoms. The highest BCUT2D eigenvalue weighted by Crippen LogP contribution is 2.20. The van der Waals surface area contributed by atoms with Gasteiger partial charge in [0.15, 0.2) is 12.0 Å². The second-order valence-corrected chi connectivity index (χ2v) is 3.52. The first-order valence-electron chi connectivity index (χ1n) is 4.41. The molecule has 0 fully saturated rings. The van der Waals surface area contributed by atoms with E-state index < -0.39 is 0 Å². The average molecular weight is 218 g/mol. The molecule has 2 heterocycles. The number of hydrogen-bond donors (Lipinski definition) is 1. The van der Waals surface area contributed by atoms with Crippen molar-refractivity contribution >= 4 is 22.8 Å². The lowest BCUT2D eigenvalue weighted by Gasteiger charge is -2.01. The number of benzene rings is 1. The van der Waals surface area contributed by atoms with Crippen LogP contribution in [0.3, 0.4) is 0 Å². The van der Waals surface area contributed by atoms with E-state index in [1.807, 2.05) is 30.5 Å². The van der Waals surface area contributed by atoms with Crippen LogP contribution < -0.4 is 0 Å². The highest BCUT2D eigenvalue weighted by molar-refractivity contribution is 6.32. The lowest BCUT2D eigenvalue weighted by molar-refractivity contribution is 0.887. The van der Waals surface area contributed by atoms with Crippen molar-refractivity contribution in [3.05, 3.63) is 41.8 Å². The quantitative estimate of drug-likeness (QED) is 0.679. The van der Waals surface area contributed by atoms with Gasteiger partial charge in [0.1, 0.15) is 5.52 Å². The highest BCUT2D eigenvalue weighted by atomic mass is 35.5. The Morgan fingerprint density at radius 2 is 2.20 bits per heavy atom. The molecule has 1 radical (unpaired) electrons. The Bertz CT molecular complexity index is 582. The second-order valence-electron chi connectivity index (χ2n) is 3.11. The molecule has 0 aliphatic heterocycles. The maximum Gasteiger partial charge on any atom is 0.200 e. The Labute approximate surface area is 90.5 Å². The molecule has 4 nitrogen and oxygen atoms in total. The number of halogens is 1. The Balaban J connectivity index is 2.22. The van der Waals surface area contributed by atoms with Crippen LogP contribution in [0.5, 0.6) is 0 Å². The summed E-state index contributed by atoms with van der Waals surface area (Å²) in [5.74, 6) is 0. The summed E-state index contributed by atoms with van der Waals surface area (Å²) in [5, 5.41) is 4.92. The molecule has 0 spiro atoms. The van der Waals surface area contributed by atoms with Gasteiger partial charge < -0.3 is 4.98 Å². The number of para-hydroxylation sites is 1. The number of aromatic nitrogens is 4. The van der Waals surface area contributed by atoms with E-state index in [1.54, 1.807) is 4.68 Å². The first-order valence-corrected chi connectivity index (χ1v) is 4.79. The maximum atomic E-state index is 6.05. The fraction of sp³-hybridized carbons (Fsp3) is 0. The summed E-state index contributed by atoms with van der Waals surface area (Å²) in [6, 6.07) is 7.52. The Morgan fingerprint density at radius 1 is 1.33 bits per heavy atom. The molecule has 3 aromatic rings. The van der Waals surface area contributed by atoms with Crippen LogP contribution in [0.2, 0.25) is 5.02 Å². The van der Waals surface area contributed by atoms with E-state index in [2.05, 4.69) is 21.4 Å². The lowest BCUT2D eigenvalue weighted by atomic mass is 10.3. The van der Waals surface area contributed by atoms with Crippen LogP contribution in [0.4, 0.5) is 0 Å². The molecule has 0 bridgehead atoms. The van der Waals surface area contributed by atoms with Crippen LogP contribution in [0.25, 0.3) is 16.9 Å². The third-order valence-corrected chi connectivity index (χ3v) is 2.47. The lowest BCUT2D eigenvalue weighted by Crippen LogP contribution is -1.95. The van der Waals surface area contributed by atoms with E-state index in [-0.39, 0.29) is 0 Å². The summed E-state index contributed by atoms with van der Waals surface area (Å²) in [6.45, 7) is 0. The molecular formula is C10H6ClN4. The van der Waals surface area contributed by atoms with E-state index >= 15 is 0 Å². The van der Waals surface area contributed by atoms with Gasteiger partial charge in [0.05, 0.1) is 16.9 Å².